The lowest BCUT2D eigenvalue weighted by atomic mass is 10.00. The van der Waals surface area contributed by atoms with E-state index in [1.165, 1.54) is 4.90 Å². The van der Waals surface area contributed by atoms with Gasteiger partial charge in [0.15, 0.2) is 0 Å². The molecule has 0 aromatic heterocycles. The van der Waals surface area contributed by atoms with E-state index < -0.39 is 23.7 Å². The Morgan fingerprint density at radius 2 is 1.68 bits per heavy atom. The molecule has 1 aromatic rings. The van der Waals surface area contributed by atoms with Crippen LogP contribution < -0.4 is 0 Å². The molecule has 0 saturated carbocycles. The van der Waals surface area contributed by atoms with Crippen LogP contribution in [-0.2, 0) is 16.1 Å². The van der Waals surface area contributed by atoms with Gasteiger partial charge in [-0.1, -0.05) is 30.3 Å². The zero-order chi connectivity index (χ0) is 18.4. The van der Waals surface area contributed by atoms with E-state index in [0.29, 0.717) is 26.2 Å². The minimum absolute atomic E-state index is 0.0227. The van der Waals surface area contributed by atoms with Gasteiger partial charge in [-0.15, -0.1) is 0 Å². The number of ether oxygens (including phenoxy) is 1. The molecule has 1 saturated heterocycles. The number of piperazine rings is 1. The highest BCUT2D eigenvalue weighted by Gasteiger charge is 2.31. The van der Waals surface area contributed by atoms with Crippen LogP contribution >= 0.6 is 0 Å². The fourth-order valence-electron chi connectivity index (χ4n) is 2.69. The van der Waals surface area contributed by atoms with Crippen molar-refractivity contribution in [1.82, 2.24) is 9.80 Å². The molecular weight excluding hydrogens is 324 g/mol. The maximum Gasteiger partial charge on any atom is 0.410 e. The Hall–Kier alpha value is -2.12. The van der Waals surface area contributed by atoms with E-state index in [4.69, 9.17) is 4.74 Å². The third-order valence-corrected chi connectivity index (χ3v) is 4.03. The molecule has 1 fully saturated rings. The zero-order valence-corrected chi connectivity index (χ0v) is 14.7. The predicted octanol–water partition coefficient (Wildman–Crippen LogP) is 0.989. The van der Waals surface area contributed by atoms with Crippen LogP contribution in [0.3, 0.4) is 0 Å². The molecule has 138 valence electrons. The van der Waals surface area contributed by atoms with E-state index in [1.54, 1.807) is 18.7 Å². The highest BCUT2D eigenvalue weighted by atomic mass is 16.6. The van der Waals surface area contributed by atoms with Gasteiger partial charge in [0, 0.05) is 32.6 Å². The van der Waals surface area contributed by atoms with E-state index in [9.17, 15) is 19.8 Å². The Morgan fingerprint density at radius 1 is 1.12 bits per heavy atom. The van der Waals surface area contributed by atoms with Crippen molar-refractivity contribution in [3.63, 3.8) is 0 Å². The first kappa shape index (κ1) is 19.2. The summed E-state index contributed by atoms with van der Waals surface area (Å²) in [5.41, 5.74) is -0.197. The first-order valence-electron chi connectivity index (χ1n) is 8.41. The van der Waals surface area contributed by atoms with Gasteiger partial charge in [0.05, 0.1) is 5.60 Å². The molecule has 0 spiro atoms. The molecule has 1 aliphatic heterocycles. The van der Waals surface area contributed by atoms with Crippen molar-refractivity contribution in [1.29, 1.82) is 0 Å². The summed E-state index contributed by atoms with van der Waals surface area (Å²) in [6.07, 6.45) is -1.67. The fourth-order valence-corrected chi connectivity index (χ4v) is 2.69. The van der Waals surface area contributed by atoms with Crippen LogP contribution in [-0.4, -0.2) is 69.9 Å². The Balaban J connectivity index is 1.77. The maximum atomic E-state index is 12.2. The number of benzene rings is 1. The van der Waals surface area contributed by atoms with Gasteiger partial charge in [0.25, 0.3) is 5.91 Å². The molecule has 2 N–H and O–H groups in total. The standard InChI is InChI=1S/C18H26N2O5/c1-18(2,24)12-15(21)16(22)19-8-10-20(11-9-19)17(23)25-13-14-6-4-3-5-7-14/h3-7,15,21,24H,8-13H2,1-2H3/t15-/m1/s1. The molecule has 0 bridgehead atoms. The van der Waals surface area contributed by atoms with Crippen LogP contribution in [0.15, 0.2) is 30.3 Å². The molecule has 7 nitrogen and oxygen atoms in total. The molecule has 2 amide bonds. The minimum atomic E-state index is -1.24. The molecule has 0 unspecified atom stereocenters. The number of amides is 2. The molecule has 1 aromatic carbocycles. The molecule has 0 radical (unpaired) electrons. The van der Waals surface area contributed by atoms with Crippen molar-refractivity contribution in [2.45, 2.75) is 38.6 Å². The topological polar surface area (TPSA) is 90.3 Å². The average molecular weight is 350 g/mol. The first-order chi connectivity index (χ1) is 11.8. The van der Waals surface area contributed by atoms with Gasteiger partial charge in [-0.25, -0.2) is 4.79 Å². The second kappa shape index (κ2) is 8.31. The van der Waals surface area contributed by atoms with E-state index in [0.717, 1.165) is 5.56 Å². The third kappa shape index (κ3) is 6.03. The first-order valence-corrected chi connectivity index (χ1v) is 8.41. The molecule has 1 heterocycles. The largest absolute Gasteiger partial charge is 0.445 e. The lowest BCUT2D eigenvalue weighted by molar-refractivity contribution is -0.144. The summed E-state index contributed by atoms with van der Waals surface area (Å²) in [7, 11) is 0. The van der Waals surface area contributed by atoms with Crippen LogP contribution in [0.2, 0.25) is 0 Å². The molecule has 0 aliphatic carbocycles. The smallest absolute Gasteiger partial charge is 0.410 e. The van der Waals surface area contributed by atoms with Gasteiger partial charge in [0.1, 0.15) is 12.7 Å². The lowest BCUT2D eigenvalue weighted by Crippen LogP contribution is -2.53. The Bertz CT molecular complexity index is 577. The second-order valence-electron chi connectivity index (χ2n) is 6.88. The van der Waals surface area contributed by atoms with Crippen molar-refractivity contribution in [2.75, 3.05) is 26.2 Å². The van der Waals surface area contributed by atoms with Crippen molar-refractivity contribution in [3.8, 4) is 0 Å². The summed E-state index contributed by atoms with van der Waals surface area (Å²) in [5, 5.41) is 19.6. The zero-order valence-electron chi connectivity index (χ0n) is 14.7. The van der Waals surface area contributed by atoms with Gasteiger partial charge in [-0.2, -0.15) is 0 Å². The Kier molecular flexibility index (Phi) is 6.39. The number of nitrogens with zero attached hydrogens (tertiary/aromatic N) is 2. The quantitative estimate of drug-likeness (QED) is 0.826. The van der Waals surface area contributed by atoms with Crippen LogP contribution in [0.25, 0.3) is 0 Å². The van der Waals surface area contributed by atoms with Crippen molar-refractivity contribution >= 4 is 12.0 Å². The van der Waals surface area contributed by atoms with Crippen LogP contribution in [0.1, 0.15) is 25.8 Å². The summed E-state index contributed by atoms with van der Waals surface area (Å²) in [5.74, 6) is -0.417. The van der Waals surface area contributed by atoms with Crippen molar-refractivity contribution < 1.29 is 24.5 Å². The monoisotopic (exact) mass is 350 g/mol. The van der Waals surface area contributed by atoms with Crippen LogP contribution in [0, 0.1) is 0 Å². The van der Waals surface area contributed by atoms with E-state index in [2.05, 4.69) is 0 Å². The van der Waals surface area contributed by atoms with Crippen LogP contribution in [0.5, 0.6) is 0 Å². The van der Waals surface area contributed by atoms with Gasteiger partial charge in [-0.05, 0) is 19.4 Å². The summed E-state index contributed by atoms with van der Waals surface area (Å²) < 4.78 is 5.28. The molecule has 25 heavy (non-hydrogen) atoms. The van der Waals surface area contributed by atoms with E-state index >= 15 is 0 Å². The molecule has 7 heteroatoms. The summed E-state index contributed by atoms with van der Waals surface area (Å²) in [6.45, 7) is 4.69. The molecule has 1 atom stereocenters. The highest BCUT2D eigenvalue weighted by molar-refractivity contribution is 5.81. The number of carbonyl (C=O) groups is 2. The Morgan fingerprint density at radius 3 is 2.24 bits per heavy atom. The van der Waals surface area contributed by atoms with Crippen LogP contribution in [0.4, 0.5) is 4.79 Å². The summed E-state index contributed by atoms with van der Waals surface area (Å²) >= 11 is 0. The minimum Gasteiger partial charge on any atom is -0.445 e. The average Bonchev–Trinajstić information content (AvgIpc) is 2.58. The second-order valence-corrected chi connectivity index (χ2v) is 6.88. The lowest BCUT2D eigenvalue weighted by Gasteiger charge is -2.35. The molecule has 2 rings (SSSR count). The number of aliphatic hydroxyl groups is 2. The number of rotatable bonds is 5. The predicted molar refractivity (Wildman–Crippen MR) is 91.7 cm³/mol. The number of carbonyl (C=O) groups excluding carboxylic acids is 2. The highest BCUT2D eigenvalue weighted by Crippen LogP contribution is 2.14. The normalized spacial score (nSPS) is 16.5. The Labute approximate surface area is 147 Å². The number of hydrogen-bond donors (Lipinski definition) is 2. The number of aliphatic hydroxyl groups excluding tert-OH is 1. The van der Waals surface area contributed by atoms with Gasteiger partial charge < -0.3 is 24.7 Å². The SMILES string of the molecule is CC(C)(O)C[C@@H](O)C(=O)N1CCN(C(=O)OCc2ccccc2)CC1. The van der Waals surface area contributed by atoms with Gasteiger partial charge in [0.2, 0.25) is 0 Å². The molecular formula is C18H26N2O5. The summed E-state index contributed by atoms with van der Waals surface area (Å²) in [4.78, 5) is 27.3. The van der Waals surface area contributed by atoms with Crippen molar-refractivity contribution in [3.05, 3.63) is 35.9 Å². The van der Waals surface area contributed by atoms with Gasteiger partial charge in [-0.3, -0.25) is 4.79 Å². The maximum absolute atomic E-state index is 12.2. The van der Waals surface area contributed by atoms with Gasteiger partial charge >= 0.3 is 6.09 Å². The van der Waals surface area contributed by atoms with E-state index in [-0.39, 0.29) is 13.0 Å². The third-order valence-electron chi connectivity index (χ3n) is 4.03. The van der Waals surface area contributed by atoms with Crippen molar-refractivity contribution in [2.24, 2.45) is 0 Å². The molecule has 1 aliphatic rings. The number of hydrogen-bond acceptors (Lipinski definition) is 5. The van der Waals surface area contributed by atoms with E-state index in [1.807, 2.05) is 30.3 Å². The fraction of sp³-hybridized carbons (Fsp3) is 0.556. The summed E-state index contributed by atoms with van der Waals surface area (Å²) in [6, 6.07) is 9.43.